The van der Waals surface area contributed by atoms with E-state index < -0.39 is 0 Å². The largest absolute Gasteiger partial charge is 0.348 e. The summed E-state index contributed by atoms with van der Waals surface area (Å²) in [6, 6.07) is 7.97. The molecule has 9 heteroatoms. The van der Waals surface area contributed by atoms with Gasteiger partial charge in [0.1, 0.15) is 11.0 Å². The number of nitrogens with zero attached hydrogens (tertiary/aromatic N) is 8. The maximum Gasteiger partial charge on any atom is 0.187 e. The zero-order valence-electron chi connectivity index (χ0n) is 17.9. The number of hydrogen-bond donors (Lipinski definition) is 0. The molecule has 0 aliphatic carbocycles. The number of fused-ring (bicyclic) bond motifs is 1. The fraction of sp³-hybridized carbons (Fsp3) is 0.409. The van der Waals surface area contributed by atoms with Crippen molar-refractivity contribution in [3.8, 4) is 11.4 Å². The molecule has 1 aliphatic heterocycles. The van der Waals surface area contributed by atoms with Crippen LogP contribution in [0.4, 0.5) is 5.82 Å². The van der Waals surface area contributed by atoms with Crippen molar-refractivity contribution in [2.75, 3.05) is 11.4 Å². The average Bonchev–Trinajstić information content (AvgIpc) is 3.46. The molecule has 5 heterocycles. The van der Waals surface area contributed by atoms with Crippen molar-refractivity contribution in [3.05, 3.63) is 53.1 Å². The lowest BCUT2D eigenvalue weighted by Gasteiger charge is -2.26. The minimum atomic E-state index is 0.150. The van der Waals surface area contributed by atoms with Gasteiger partial charge in [0.05, 0.1) is 11.7 Å². The van der Waals surface area contributed by atoms with E-state index in [1.165, 1.54) is 0 Å². The Labute approximate surface area is 185 Å². The molecule has 0 radical (unpaired) electrons. The van der Waals surface area contributed by atoms with Gasteiger partial charge < -0.3 is 4.90 Å². The third-order valence-corrected chi connectivity index (χ3v) is 6.09. The number of aromatic nitrogens is 7. The Morgan fingerprint density at radius 3 is 2.81 bits per heavy atom. The van der Waals surface area contributed by atoms with Crippen molar-refractivity contribution in [1.29, 1.82) is 0 Å². The highest BCUT2D eigenvalue weighted by Crippen LogP contribution is 2.40. The second kappa shape index (κ2) is 7.92. The van der Waals surface area contributed by atoms with E-state index in [1.54, 1.807) is 16.9 Å². The quantitative estimate of drug-likeness (QED) is 0.463. The fourth-order valence-electron chi connectivity index (χ4n) is 4.36. The number of anilines is 1. The summed E-state index contributed by atoms with van der Waals surface area (Å²) in [4.78, 5) is 6.52. The van der Waals surface area contributed by atoms with Gasteiger partial charge in [0.15, 0.2) is 11.5 Å². The van der Waals surface area contributed by atoms with Crippen LogP contribution < -0.4 is 4.90 Å². The summed E-state index contributed by atoms with van der Waals surface area (Å²) < 4.78 is 3.72. The summed E-state index contributed by atoms with van der Waals surface area (Å²) in [5.74, 6) is 2.04. The van der Waals surface area contributed by atoms with Crippen LogP contribution in [0.1, 0.15) is 44.0 Å². The van der Waals surface area contributed by atoms with Gasteiger partial charge in [-0.2, -0.15) is 9.61 Å². The van der Waals surface area contributed by atoms with E-state index in [4.69, 9.17) is 21.8 Å². The normalized spacial score (nSPS) is 16.7. The number of pyridine rings is 1. The number of halogens is 1. The first kappa shape index (κ1) is 19.9. The van der Waals surface area contributed by atoms with Gasteiger partial charge >= 0.3 is 0 Å². The van der Waals surface area contributed by atoms with Crippen LogP contribution in [0, 0.1) is 12.8 Å². The Morgan fingerprint density at radius 1 is 1.16 bits per heavy atom. The van der Waals surface area contributed by atoms with Crippen molar-refractivity contribution >= 4 is 23.1 Å². The van der Waals surface area contributed by atoms with Gasteiger partial charge in [-0.05, 0) is 49.9 Å². The van der Waals surface area contributed by atoms with Crippen LogP contribution in [-0.2, 0) is 6.54 Å². The molecule has 160 valence electrons. The van der Waals surface area contributed by atoms with Crippen molar-refractivity contribution < 1.29 is 0 Å². The van der Waals surface area contributed by atoms with Crippen molar-refractivity contribution in [3.63, 3.8) is 0 Å². The molecule has 31 heavy (non-hydrogen) atoms. The predicted molar refractivity (Wildman–Crippen MR) is 120 cm³/mol. The van der Waals surface area contributed by atoms with Crippen LogP contribution in [0.15, 0.2) is 36.7 Å². The van der Waals surface area contributed by atoms with Crippen LogP contribution >= 0.6 is 11.6 Å². The van der Waals surface area contributed by atoms with E-state index in [-0.39, 0.29) is 6.04 Å². The van der Waals surface area contributed by atoms with Crippen LogP contribution in [-0.4, -0.2) is 41.1 Å². The Balaban J connectivity index is 1.54. The van der Waals surface area contributed by atoms with Crippen LogP contribution in [0.2, 0.25) is 5.15 Å². The lowest BCUT2D eigenvalue weighted by molar-refractivity contribution is 0.481. The molecule has 4 aromatic rings. The summed E-state index contributed by atoms with van der Waals surface area (Å²) in [6.45, 7) is 8.12. The second-order valence-electron chi connectivity index (χ2n) is 8.44. The molecule has 0 bridgehead atoms. The first-order valence-electron chi connectivity index (χ1n) is 10.6. The van der Waals surface area contributed by atoms with Gasteiger partial charge in [-0.25, -0.2) is 0 Å². The lowest BCUT2D eigenvalue weighted by Crippen LogP contribution is -2.24. The zero-order valence-corrected chi connectivity index (χ0v) is 18.7. The van der Waals surface area contributed by atoms with Gasteiger partial charge in [0.25, 0.3) is 0 Å². The molecule has 0 spiro atoms. The van der Waals surface area contributed by atoms with E-state index in [1.807, 2.05) is 35.9 Å². The molecule has 0 amide bonds. The fourth-order valence-corrected chi connectivity index (χ4v) is 4.73. The smallest absolute Gasteiger partial charge is 0.187 e. The van der Waals surface area contributed by atoms with Crippen LogP contribution in [0.25, 0.3) is 17.0 Å². The third kappa shape index (κ3) is 3.54. The first-order chi connectivity index (χ1) is 15.0. The van der Waals surface area contributed by atoms with Crippen molar-refractivity contribution in [2.24, 2.45) is 5.92 Å². The molecule has 0 aromatic carbocycles. The van der Waals surface area contributed by atoms with Gasteiger partial charge in [0.2, 0.25) is 0 Å². The number of aryl methyl sites for hydroxylation is 1. The van der Waals surface area contributed by atoms with E-state index in [0.29, 0.717) is 17.4 Å². The van der Waals surface area contributed by atoms with E-state index >= 15 is 0 Å². The Kier molecular flexibility index (Phi) is 5.09. The number of hydrogen-bond acceptors (Lipinski definition) is 6. The van der Waals surface area contributed by atoms with Gasteiger partial charge in [-0.15, -0.1) is 15.3 Å². The molecule has 8 nitrogen and oxygen atoms in total. The van der Waals surface area contributed by atoms with Crippen LogP contribution in [0.3, 0.4) is 0 Å². The molecule has 5 rings (SSSR count). The molecule has 4 aromatic heterocycles. The summed E-state index contributed by atoms with van der Waals surface area (Å²) >= 11 is 6.81. The monoisotopic (exact) mass is 436 g/mol. The molecule has 1 saturated heterocycles. The summed E-state index contributed by atoms with van der Waals surface area (Å²) in [6.07, 6.45) is 5.61. The standard InChI is InChI=1S/C22H25ClN8/c1-14(2)13-30-21(23)20(15(3)27-30)17-7-5-11-29(17)19-9-8-18-25-26-22(31(18)28-19)16-6-4-10-24-12-16/h4,6,8-10,12,14,17H,5,7,11,13H2,1-3H3. The lowest BCUT2D eigenvalue weighted by atomic mass is 10.1. The summed E-state index contributed by atoms with van der Waals surface area (Å²) in [5.41, 5.74) is 3.69. The Morgan fingerprint density at radius 2 is 2.03 bits per heavy atom. The van der Waals surface area contributed by atoms with Crippen molar-refractivity contribution in [2.45, 2.75) is 46.2 Å². The molecule has 0 N–H and O–H groups in total. The van der Waals surface area contributed by atoms with Crippen molar-refractivity contribution in [1.82, 2.24) is 34.6 Å². The maximum absolute atomic E-state index is 6.81. The highest BCUT2D eigenvalue weighted by Gasteiger charge is 2.33. The molecule has 0 saturated carbocycles. The first-order valence-corrected chi connectivity index (χ1v) is 11.0. The molecular formula is C22H25ClN8. The SMILES string of the molecule is Cc1nn(CC(C)C)c(Cl)c1C1CCCN1c1ccc2nnc(-c3cccnc3)n2n1. The third-order valence-electron chi connectivity index (χ3n) is 5.70. The molecule has 1 fully saturated rings. The zero-order chi connectivity index (χ0) is 21.5. The minimum Gasteiger partial charge on any atom is -0.348 e. The minimum absolute atomic E-state index is 0.150. The Bertz CT molecular complexity index is 1210. The number of rotatable bonds is 5. The predicted octanol–water partition coefficient (Wildman–Crippen LogP) is 4.34. The highest BCUT2D eigenvalue weighted by atomic mass is 35.5. The summed E-state index contributed by atoms with van der Waals surface area (Å²) in [7, 11) is 0. The van der Waals surface area contributed by atoms with Crippen LogP contribution in [0.5, 0.6) is 0 Å². The summed E-state index contributed by atoms with van der Waals surface area (Å²) in [5, 5.41) is 19.0. The van der Waals surface area contributed by atoms with Gasteiger partial charge in [0, 0.05) is 36.6 Å². The second-order valence-corrected chi connectivity index (χ2v) is 8.80. The molecule has 1 unspecified atom stereocenters. The highest BCUT2D eigenvalue weighted by molar-refractivity contribution is 6.30. The van der Waals surface area contributed by atoms with E-state index in [9.17, 15) is 0 Å². The molecule has 1 atom stereocenters. The molecule has 1 aliphatic rings. The average molecular weight is 437 g/mol. The van der Waals surface area contributed by atoms with E-state index in [2.05, 4.69) is 33.9 Å². The topological polar surface area (TPSA) is 77.0 Å². The Hall–Kier alpha value is -3.00. The van der Waals surface area contributed by atoms with E-state index in [0.717, 1.165) is 53.7 Å². The van der Waals surface area contributed by atoms with Gasteiger partial charge in [-0.3, -0.25) is 9.67 Å². The van der Waals surface area contributed by atoms with Gasteiger partial charge in [-0.1, -0.05) is 25.4 Å². The molecular weight excluding hydrogens is 412 g/mol. The maximum atomic E-state index is 6.81.